The fourth-order valence-corrected chi connectivity index (χ4v) is 3.49. The largest absolute Gasteiger partial charge is 0.494 e. The van der Waals surface area contributed by atoms with Gasteiger partial charge in [-0.3, -0.25) is 4.79 Å². The van der Waals surface area contributed by atoms with E-state index < -0.39 is 0 Å². The summed E-state index contributed by atoms with van der Waals surface area (Å²) in [5.41, 5.74) is 1.04. The number of hydrogen-bond acceptors (Lipinski definition) is 5. The number of carbonyl (C=O) groups excluding carboxylic acids is 1. The van der Waals surface area contributed by atoms with Crippen molar-refractivity contribution in [3.63, 3.8) is 0 Å². The van der Waals surface area contributed by atoms with E-state index in [1.165, 1.54) is 11.8 Å². The molecule has 146 valence electrons. The van der Waals surface area contributed by atoms with Crippen molar-refractivity contribution in [3.8, 4) is 17.2 Å². The van der Waals surface area contributed by atoms with Crippen LogP contribution in [0.1, 0.15) is 32.4 Å². The molecule has 0 aliphatic carbocycles. The maximum Gasteiger partial charge on any atom is 0.233 e. The number of ether oxygens (including phenoxy) is 3. The summed E-state index contributed by atoms with van der Waals surface area (Å²) in [7, 11) is 3.20. The van der Waals surface area contributed by atoms with Gasteiger partial charge in [0.05, 0.1) is 32.1 Å². The minimum absolute atomic E-state index is 0.0174. The zero-order chi connectivity index (χ0) is 19.8. The lowest BCUT2D eigenvalue weighted by Gasteiger charge is -2.18. The van der Waals surface area contributed by atoms with Gasteiger partial charge in [0, 0.05) is 4.90 Å². The SMILES string of the molecule is CCOc1ccc([C@H](C)NC(=O)[C@H](C)Sc2ccc(OC)c(OC)c2)cc1. The number of rotatable bonds is 9. The zero-order valence-electron chi connectivity index (χ0n) is 16.4. The first-order valence-electron chi connectivity index (χ1n) is 8.90. The topological polar surface area (TPSA) is 56.8 Å². The van der Waals surface area contributed by atoms with Crippen LogP contribution in [-0.2, 0) is 4.79 Å². The molecular weight excluding hydrogens is 362 g/mol. The minimum atomic E-state index is -0.242. The van der Waals surface area contributed by atoms with Crippen LogP contribution in [0.15, 0.2) is 47.4 Å². The Morgan fingerprint density at radius 3 is 2.30 bits per heavy atom. The molecule has 0 heterocycles. The number of nitrogens with one attached hydrogen (secondary N) is 1. The van der Waals surface area contributed by atoms with Gasteiger partial charge in [-0.1, -0.05) is 12.1 Å². The maximum absolute atomic E-state index is 12.6. The maximum atomic E-state index is 12.6. The molecule has 2 rings (SSSR count). The Bertz CT molecular complexity index is 748. The summed E-state index contributed by atoms with van der Waals surface area (Å²) >= 11 is 1.48. The van der Waals surface area contributed by atoms with Crippen LogP contribution in [0.2, 0.25) is 0 Å². The molecule has 1 N–H and O–H groups in total. The average Bonchev–Trinajstić information content (AvgIpc) is 2.68. The van der Waals surface area contributed by atoms with Gasteiger partial charge in [0.2, 0.25) is 5.91 Å². The molecule has 5 nitrogen and oxygen atoms in total. The number of thioether (sulfide) groups is 1. The fraction of sp³-hybridized carbons (Fsp3) is 0.381. The number of methoxy groups -OCH3 is 2. The van der Waals surface area contributed by atoms with E-state index in [4.69, 9.17) is 14.2 Å². The number of benzene rings is 2. The lowest BCUT2D eigenvalue weighted by Crippen LogP contribution is -2.33. The van der Waals surface area contributed by atoms with Crippen molar-refractivity contribution >= 4 is 17.7 Å². The van der Waals surface area contributed by atoms with Crippen LogP contribution in [0.4, 0.5) is 0 Å². The predicted octanol–water partition coefficient (Wildman–Crippen LogP) is 4.46. The first-order valence-corrected chi connectivity index (χ1v) is 9.78. The van der Waals surface area contributed by atoms with E-state index in [9.17, 15) is 4.79 Å². The Hall–Kier alpha value is -2.34. The Labute approximate surface area is 165 Å². The smallest absolute Gasteiger partial charge is 0.233 e. The molecule has 0 saturated heterocycles. The van der Waals surface area contributed by atoms with Gasteiger partial charge in [0.25, 0.3) is 0 Å². The van der Waals surface area contributed by atoms with E-state index >= 15 is 0 Å². The molecule has 27 heavy (non-hydrogen) atoms. The number of amides is 1. The van der Waals surface area contributed by atoms with Crippen molar-refractivity contribution in [1.82, 2.24) is 5.32 Å². The van der Waals surface area contributed by atoms with Gasteiger partial charge >= 0.3 is 0 Å². The summed E-state index contributed by atoms with van der Waals surface area (Å²) in [4.78, 5) is 13.5. The Balaban J connectivity index is 1.96. The third-order valence-corrected chi connectivity index (χ3v) is 5.18. The predicted molar refractivity (Wildman–Crippen MR) is 109 cm³/mol. The molecule has 2 aromatic carbocycles. The van der Waals surface area contributed by atoms with E-state index in [2.05, 4.69) is 5.32 Å². The molecule has 0 aliphatic heterocycles. The fourth-order valence-electron chi connectivity index (χ4n) is 2.58. The zero-order valence-corrected chi connectivity index (χ0v) is 17.3. The van der Waals surface area contributed by atoms with Crippen molar-refractivity contribution in [1.29, 1.82) is 0 Å². The highest BCUT2D eigenvalue weighted by Gasteiger charge is 2.18. The second-order valence-electron chi connectivity index (χ2n) is 6.01. The molecule has 0 aromatic heterocycles. The molecule has 0 spiro atoms. The second kappa shape index (κ2) is 10.1. The highest BCUT2D eigenvalue weighted by Crippen LogP contribution is 2.33. The third kappa shape index (κ3) is 5.82. The van der Waals surface area contributed by atoms with Gasteiger partial charge < -0.3 is 19.5 Å². The lowest BCUT2D eigenvalue weighted by atomic mass is 10.1. The van der Waals surface area contributed by atoms with Gasteiger partial charge in [-0.05, 0) is 56.7 Å². The van der Waals surface area contributed by atoms with Crippen molar-refractivity contribution < 1.29 is 19.0 Å². The Kier molecular flexibility index (Phi) is 7.85. The van der Waals surface area contributed by atoms with Crippen LogP contribution in [-0.4, -0.2) is 32.0 Å². The minimum Gasteiger partial charge on any atom is -0.494 e. The molecule has 0 unspecified atom stereocenters. The highest BCUT2D eigenvalue weighted by molar-refractivity contribution is 8.00. The van der Waals surface area contributed by atoms with Gasteiger partial charge in [-0.2, -0.15) is 0 Å². The first kappa shape index (κ1) is 21.0. The standard InChI is InChI=1S/C21H27NO4S/c1-6-26-17-9-7-16(8-10-17)14(2)22-21(23)15(3)27-18-11-12-19(24-4)20(13-18)25-5/h7-15H,6H2,1-5H3,(H,22,23)/t14-,15-/m0/s1. The lowest BCUT2D eigenvalue weighted by molar-refractivity contribution is -0.120. The normalized spacial score (nSPS) is 12.8. The number of hydrogen-bond donors (Lipinski definition) is 1. The summed E-state index contributed by atoms with van der Waals surface area (Å²) in [6.45, 7) is 6.45. The summed E-state index contributed by atoms with van der Waals surface area (Å²) in [6.07, 6.45) is 0. The second-order valence-corrected chi connectivity index (χ2v) is 7.42. The van der Waals surface area contributed by atoms with E-state index in [1.807, 2.05) is 63.2 Å². The van der Waals surface area contributed by atoms with Crippen molar-refractivity contribution in [2.24, 2.45) is 0 Å². The third-order valence-electron chi connectivity index (χ3n) is 4.09. The molecule has 0 fully saturated rings. The Morgan fingerprint density at radius 1 is 1.04 bits per heavy atom. The molecule has 0 radical (unpaired) electrons. The van der Waals surface area contributed by atoms with Gasteiger partial charge in [-0.15, -0.1) is 11.8 Å². The molecule has 2 atom stereocenters. The van der Waals surface area contributed by atoms with Crippen LogP contribution in [0.3, 0.4) is 0 Å². The van der Waals surface area contributed by atoms with Crippen LogP contribution >= 0.6 is 11.8 Å². The van der Waals surface area contributed by atoms with E-state index in [1.54, 1.807) is 14.2 Å². The monoisotopic (exact) mass is 389 g/mol. The van der Waals surface area contributed by atoms with Gasteiger partial charge in [0.15, 0.2) is 11.5 Å². The van der Waals surface area contributed by atoms with Crippen molar-refractivity contribution in [2.45, 2.75) is 37.0 Å². The van der Waals surface area contributed by atoms with Gasteiger partial charge in [0.1, 0.15) is 5.75 Å². The molecule has 6 heteroatoms. The quantitative estimate of drug-likeness (QED) is 0.642. The van der Waals surface area contributed by atoms with Crippen LogP contribution in [0.5, 0.6) is 17.2 Å². The van der Waals surface area contributed by atoms with Crippen LogP contribution in [0.25, 0.3) is 0 Å². The Morgan fingerprint density at radius 2 is 1.70 bits per heavy atom. The van der Waals surface area contributed by atoms with Gasteiger partial charge in [-0.25, -0.2) is 0 Å². The van der Waals surface area contributed by atoms with E-state index in [0.29, 0.717) is 18.1 Å². The molecule has 2 aromatic rings. The summed E-state index contributed by atoms with van der Waals surface area (Å²) in [5, 5.41) is 2.82. The van der Waals surface area contributed by atoms with Crippen molar-refractivity contribution in [2.75, 3.05) is 20.8 Å². The summed E-state index contributed by atoms with van der Waals surface area (Å²) < 4.78 is 16.0. The molecular formula is C21H27NO4S. The first-order chi connectivity index (χ1) is 13.0. The summed E-state index contributed by atoms with van der Waals surface area (Å²) in [6, 6.07) is 13.3. The molecule has 0 bridgehead atoms. The molecule has 0 saturated carbocycles. The highest BCUT2D eigenvalue weighted by atomic mass is 32.2. The van der Waals surface area contributed by atoms with Crippen LogP contribution in [0, 0.1) is 0 Å². The molecule has 1 amide bonds. The van der Waals surface area contributed by atoms with E-state index in [0.717, 1.165) is 16.2 Å². The van der Waals surface area contributed by atoms with Crippen molar-refractivity contribution in [3.05, 3.63) is 48.0 Å². The molecule has 0 aliphatic rings. The summed E-state index contributed by atoms with van der Waals surface area (Å²) in [5.74, 6) is 2.13. The van der Waals surface area contributed by atoms with Crippen LogP contribution < -0.4 is 19.5 Å². The van der Waals surface area contributed by atoms with E-state index in [-0.39, 0.29) is 17.2 Å². The average molecular weight is 390 g/mol. The number of carbonyl (C=O) groups is 1.